The largest absolute Gasteiger partial charge is 0.508 e. The molecule has 0 bridgehead atoms. The lowest BCUT2D eigenvalue weighted by molar-refractivity contribution is 0.424. The average molecular weight is 230 g/mol. The van der Waals surface area contributed by atoms with Crippen LogP contribution >= 0.6 is 0 Å². The number of aliphatic hydroxyl groups excluding tert-OH is 1. The van der Waals surface area contributed by atoms with Gasteiger partial charge in [-0.1, -0.05) is 19.1 Å². The first-order chi connectivity index (χ1) is 8.04. The van der Waals surface area contributed by atoms with Crippen LogP contribution in [0.25, 0.3) is 6.08 Å². The number of rotatable bonds is 1. The fourth-order valence-electron chi connectivity index (χ4n) is 1.81. The molecule has 3 nitrogen and oxygen atoms in total. The van der Waals surface area contributed by atoms with E-state index in [4.69, 9.17) is 0 Å². The average Bonchev–Trinajstić information content (AvgIpc) is 2.21. The quantitative estimate of drug-likeness (QED) is 0.694. The number of aliphatic hydroxyl groups is 1. The Labute approximate surface area is 99.7 Å². The molecule has 1 aromatic rings. The van der Waals surface area contributed by atoms with Crippen LogP contribution in [0.5, 0.6) is 11.5 Å². The molecule has 0 saturated carbocycles. The fourth-order valence-corrected chi connectivity index (χ4v) is 1.81. The number of phenols is 2. The summed E-state index contributed by atoms with van der Waals surface area (Å²) < 4.78 is 0. The van der Waals surface area contributed by atoms with Crippen LogP contribution in [0, 0.1) is 5.92 Å². The summed E-state index contributed by atoms with van der Waals surface area (Å²) in [5.41, 5.74) is 1.73. The molecule has 0 aromatic heterocycles. The van der Waals surface area contributed by atoms with Crippen molar-refractivity contribution in [2.45, 2.75) is 6.92 Å². The Kier molecular flexibility index (Phi) is 2.91. The van der Waals surface area contributed by atoms with E-state index >= 15 is 0 Å². The van der Waals surface area contributed by atoms with Crippen molar-refractivity contribution in [2.24, 2.45) is 5.92 Å². The van der Waals surface area contributed by atoms with E-state index in [2.05, 4.69) is 0 Å². The third-order valence-electron chi connectivity index (χ3n) is 2.65. The third-order valence-corrected chi connectivity index (χ3v) is 2.65. The van der Waals surface area contributed by atoms with Crippen molar-refractivity contribution in [2.75, 3.05) is 0 Å². The van der Waals surface area contributed by atoms with Gasteiger partial charge in [0.05, 0.1) is 0 Å². The van der Waals surface area contributed by atoms with Crippen molar-refractivity contribution < 1.29 is 15.3 Å². The maximum absolute atomic E-state index is 9.37. The lowest BCUT2D eigenvalue weighted by Gasteiger charge is -2.13. The number of aromatic hydroxyl groups is 2. The Bertz CT molecular complexity index is 504. The molecule has 0 fully saturated rings. The van der Waals surface area contributed by atoms with Gasteiger partial charge in [0.25, 0.3) is 0 Å². The van der Waals surface area contributed by atoms with Crippen LogP contribution < -0.4 is 0 Å². The first kappa shape index (κ1) is 11.3. The summed E-state index contributed by atoms with van der Waals surface area (Å²) in [5.74, 6) is 0.420. The van der Waals surface area contributed by atoms with Crippen molar-refractivity contribution >= 4 is 6.08 Å². The van der Waals surface area contributed by atoms with Crippen LogP contribution in [0.1, 0.15) is 12.5 Å². The molecule has 17 heavy (non-hydrogen) atoms. The molecule has 3 heteroatoms. The van der Waals surface area contributed by atoms with Gasteiger partial charge < -0.3 is 15.3 Å². The lowest BCUT2D eigenvalue weighted by Crippen LogP contribution is -1.99. The highest BCUT2D eigenvalue weighted by Crippen LogP contribution is 2.26. The Hall–Kier alpha value is -2.16. The van der Waals surface area contributed by atoms with Gasteiger partial charge in [-0.3, -0.25) is 0 Å². The predicted molar refractivity (Wildman–Crippen MR) is 66.8 cm³/mol. The second kappa shape index (κ2) is 4.37. The molecule has 1 aliphatic rings. The molecule has 3 N–H and O–H groups in total. The molecule has 1 unspecified atom stereocenters. The van der Waals surface area contributed by atoms with E-state index in [0.29, 0.717) is 0 Å². The van der Waals surface area contributed by atoms with Crippen LogP contribution in [-0.2, 0) is 0 Å². The molecule has 0 spiro atoms. The van der Waals surface area contributed by atoms with Crippen LogP contribution in [0.15, 0.2) is 47.8 Å². The number of phenolic OH excluding ortho intramolecular Hbond substituents is 2. The van der Waals surface area contributed by atoms with Crippen molar-refractivity contribution in [3.05, 3.63) is 53.3 Å². The molecule has 0 aliphatic heterocycles. The van der Waals surface area contributed by atoms with Gasteiger partial charge in [-0.15, -0.1) is 0 Å². The van der Waals surface area contributed by atoms with E-state index in [-0.39, 0.29) is 23.2 Å². The molecule has 0 amide bonds. The minimum Gasteiger partial charge on any atom is -0.508 e. The number of hydrogen-bond donors (Lipinski definition) is 3. The molecule has 1 aliphatic carbocycles. The highest BCUT2D eigenvalue weighted by molar-refractivity contribution is 5.61. The second-order valence-electron chi connectivity index (χ2n) is 4.14. The fraction of sp³-hybridized carbons (Fsp3) is 0.143. The van der Waals surface area contributed by atoms with Gasteiger partial charge in [-0.2, -0.15) is 0 Å². The standard InChI is InChI=1S/C14H14O3/c1-9-4-12(15)3-2-11(9)5-10-6-13(16)8-14(17)7-10/h2-9,15-17H,1H3. The second-order valence-corrected chi connectivity index (χ2v) is 4.14. The Balaban J connectivity index is 2.34. The lowest BCUT2D eigenvalue weighted by atomic mass is 9.94. The van der Waals surface area contributed by atoms with E-state index < -0.39 is 0 Å². The summed E-state index contributed by atoms with van der Waals surface area (Å²) in [6.07, 6.45) is 7.05. The van der Waals surface area contributed by atoms with Crippen molar-refractivity contribution in [1.82, 2.24) is 0 Å². The van der Waals surface area contributed by atoms with Crippen molar-refractivity contribution in [3.8, 4) is 11.5 Å². The molecule has 0 heterocycles. The molecule has 0 saturated heterocycles. The van der Waals surface area contributed by atoms with E-state index in [1.54, 1.807) is 24.3 Å². The maximum atomic E-state index is 9.37. The van der Waals surface area contributed by atoms with Gasteiger partial charge in [0.2, 0.25) is 0 Å². The Morgan fingerprint density at radius 3 is 2.24 bits per heavy atom. The third kappa shape index (κ3) is 2.69. The predicted octanol–water partition coefficient (Wildman–Crippen LogP) is 3.13. The summed E-state index contributed by atoms with van der Waals surface area (Å²) in [7, 11) is 0. The molecule has 1 aromatic carbocycles. The van der Waals surface area contributed by atoms with Gasteiger partial charge in [-0.05, 0) is 35.4 Å². The molecular formula is C14H14O3. The number of hydrogen-bond acceptors (Lipinski definition) is 3. The summed E-state index contributed by atoms with van der Waals surface area (Å²) >= 11 is 0. The van der Waals surface area contributed by atoms with Gasteiger partial charge in [0.15, 0.2) is 0 Å². The summed E-state index contributed by atoms with van der Waals surface area (Å²) in [5, 5.41) is 28.1. The zero-order valence-electron chi connectivity index (χ0n) is 9.46. The van der Waals surface area contributed by atoms with E-state index in [9.17, 15) is 15.3 Å². The van der Waals surface area contributed by atoms with Gasteiger partial charge in [0, 0.05) is 12.0 Å². The van der Waals surface area contributed by atoms with E-state index in [0.717, 1.165) is 11.1 Å². The highest BCUT2D eigenvalue weighted by Gasteiger charge is 2.09. The van der Waals surface area contributed by atoms with E-state index in [1.165, 1.54) is 6.07 Å². The first-order valence-electron chi connectivity index (χ1n) is 5.38. The normalized spacial score (nSPS) is 21.6. The molecule has 88 valence electrons. The summed E-state index contributed by atoms with van der Waals surface area (Å²) in [6, 6.07) is 4.44. The van der Waals surface area contributed by atoms with Gasteiger partial charge >= 0.3 is 0 Å². The summed E-state index contributed by atoms with van der Waals surface area (Å²) in [6.45, 7) is 1.97. The minimum atomic E-state index is 0.0303. The van der Waals surface area contributed by atoms with Crippen LogP contribution in [0.2, 0.25) is 0 Å². The smallest absolute Gasteiger partial charge is 0.119 e. The Morgan fingerprint density at radius 1 is 1.00 bits per heavy atom. The van der Waals surface area contributed by atoms with Crippen molar-refractivity contribution in [3.63, 3.8) is 0 Å². The zero-order chi connectivity index (χ0) is 12.4. The number of benzene rings is 1. The van der Waals surface area contributed by atoms with Crippen molar-refractivity contribution in [1.29, 1.82) is 0 Å². The van der Waals surface area contributed by atoms with Crippen LogP contribution in [-0.4, -0.2) is 15.3 Å². The van der Waals surface area contributed by atoms with Crippen LogP contribution in [0.3, 0.4) is 0 Å². The Morgan fingerprint density at radius 2 is 1.65 bits per heavy atom. The molecular weight excluding hydrogens is 216 g/mol. The SMILES string of the molecule is CC1C=C(O)C=CC1=Cc1cc(O)cc(O)c1. The van der Waals surface area contributed by atoms with E-state index in [1.807, 2.05) is 19.1 Å². The molecule has 0 radical (unpaired) electrons. The minimum absolute atomic E-state index is 0.0303. The van der Waals surface area contributed by atoms with Gasteiger partial charge in [0.1, 0.15) is 17.3 Å². The van der Waals surface area contributed by atoms with Crippen LogP contribution in [0.4, 0.5) is 0 Å². The maximum Gasteiger partial charge on any atom is 0.119 e. The topological polar surface area (TPSA) is 60.7 Å². The monoisotopic (exact) mass is 230 g/mol. The zero-order valence-corrected chi connectivity index (χ0v) is 9.46. The highest BCUT2D eigenvalue weighted by atomic mass is 16.3. The first-order valence-corrected chi connectivity index (χ1v) is 5.38. The molecule has 2 rings (SSSR count). The van der Waals surface area contributed by atoms with Gasteiger partial charge in [-0.25, -0.2) is 0 Å². The number of allylic oxidation sites excluding steroid dienone is 4. The summed E-state index contributed by atoms with van der Waals surface area (Å²) in [4.78, 5) is 0. The molecule has 1 atom stereocenters.